The van der Waals surface area contributed by atoms with Crippen LogP contribution < -0.4 is 4.90 Å². The summed E-state index contributed by atoms with van der Waals surface area (Å²) in [4.78, 5) is 8.79. The molecule has 0 amide bonds. The van der Waals surface area contributed by atoms with Crippen molar-refractivity contribution in [3.8, 4) is 5.69 Å². The predicted octanol–water partition coefficient (Wildman–Crippen LogP) is 3.47. The second kappa shape index (κ2) is 7.25. The summed E-state index contributed by atoms with van der Waals surface area (Å²) in [5, 5.41) is 0. The van der Waals surface area contributed by atoms with Crippen LogP contribution in [0.3, 0.4) is 0 Å². The average Bonchev–Trinajstić information content (AvgIpc) is 3.14. The van der Waals surface area contributed by atoms with E-state index >= 15 is 0 Å². The Kier molecular flexibility index (Phi) is 4.67. The maximum absolute atomic E-state index is 14.1. The first-order valence-electron chi connectivity index (χ1n) is 8.71. The van der Waals surface area contributed by atoms with E-state index in [9.17, 15) is 8.78 Å². The van der Waals surface area contributed by atoms with Crippen molar-refractivity contribution in [1.29, 1.82) is 0 Å². The standard InChI is InChI=1S/C20H20F2N4/c21-17-6-2-1-5-16(17)15-24-11-13-25(14-12-24)20-23-9-10-26(20)19-8-4-3-7-18(19)22/h1-10H,11-15H2. The van der Waals surface area contributed by atoms with E-state index in [4.69, 9.17) is 0 Å². The highest BCUT2D eigenvalue weighted by Gasteiger charge is 2.22. The van der Waals surface area contributed by atoms with Gasteiger partial charge in [0, 0.05) is 50.7 Å². The molecule has 134 valence electrons. The third kappa shape index (κ3) is 3.32. The summed E-state index contributed by atoms with van der Waals surface area (Å²) in [6.07, 6.45) is 3.47. The van der Waals surface area contributed by atoms with Crippen LogP contribution in [0.25, 0.3) is 5.69 Å². The molecule has 4 nitrogen and oxygen atoms in total. The van der Waals surface area contributed by atoms with Gasteiger partial charge in [-0.3, -0.25) is 9.47 Å². The topological polar surface area (TPSA) is 24.3 Å². The zero-order chi connectivity index (χ0) is 17.9. The van der Waals surface area contributed by atoms with Crippen molar-refractivity contribution in [2.45, 2.75) is 6.54 Å². The highest BCUT2D eigenvalue weighted by atomic mass is 19.1. The van der Waals surface area contributed by atoms with Crippen LogP contribution in [-0.4, -0.2) is 40.6 Å². The average molecular weight is 354 g/mol. The number of halogens is 2. The Morgan fingerprint density at radius 2 is 1.54 bits per heavy atom. The fourth-order valence-corrected chi connectivity index (χ4v) is 3.34. The number of rotatable bonds is 4. The Hall–Kier alpha value is -2.73. The number of hydrogen-bond acceptors (Lipinski definition) is 3. The van der Waals surface area contributed by atoms with Gasteiger partial charge in [-0.2, -0.15) is 0 Å². The Balaban J connectivity index is 1.46. The molecular formula is C20H20F2N4. The van der Waals surface area contributed by atoms with Gasteiger partial charge in [0.25, 0.3) is 0 Å². The van der Waals surface area contributed by atoms with Gasteiger partial charge >= 0.3 is 0 Å². The van der Waals surface area contributed by atoms with E-state index in [2.05, 4.69) is 14.8 Å². The lowest BCUT2D eigenvalue weighted by Gasteiger charge is -2.35. The molecule has 2 aromatic carbocycles. The molecule has 0 saturated carbocycles. The summed E-state index contributed by atoms with van der Waals surface area (Å²) in [7, 11) is 0. The summed E-state index contributed by atoms with van der Waals surface area (Å²) in [5.74, 6) is 0.301. The quantitative estimate of drug-likeness (QED) is 0.717. The lowest BCUT2D eigenvalue weighted by atomic mass is 10.2. The molecule has 3 aromatic rings. The molecule has 0 bridgehead atoms. The van der Waals surface area contributed by atoms with E-state index in [-0.39, 0.29) is 11.6 Å². The van der Waals surface area contributed by atoms with Crippen LogP contribution in [0.4, 0.5) is 14.7 Å². The highest BCUT2D eigenvalue weighted by molar-refractivity contribution is 5.44. The number of nitrogens with zero attached hydrogens (tertiary/aromatic N) is 4. The van der Waals surface area contributed by atoms with Crippen molar-refractivity contribution in [3.63, 3.8) is 0 Å². The van der Waals surface area contributed by atoms with E-state index in [1.54, 1.807) is 35.2 Å². The van der Waals surface area contributed by atoms with E-state index in [0.717, 1.165) is 32.1 Å². The normalized spacial score (nSPS) is 15.4. The third-order valence-electron chi connectivity index (χ3n) is 4.74. The Bertz CT molecular complexity index is 885. The molecule has 1 aromatic heterocycles. The molecule has 0 N–H and O–H groups in total. The fourth-order valence-electron chi connectivity index (χ4n) is 3.34. The molecule has 6 heteroatoms. The minimum atomic E-state index is -0.273. The van der Waals surface area contributed by atoms with Gasteiger partial charge in [0.2, 0.25) is 5.95 Å². The van der Waals surface area contributed by atoms with Crippen molar-refractivity contribution >= 4 is 5.95 Å². The highest BCUT2D eigenvalue weighted by Crippen LogP contribution is 2.22. The third-order valence-corrected chi connectivity index (χ3v) is 4.74. The Labute approximate surface area is 151 Å². The van der Waals surface area contributed by atoms with Gasteiger partial charge in [-0.25, -0.2) is 13.8 Å². The van der Waals surface area contributed by atoms with Crippen molar-refractivity contribution in [2.24, 2.45) is 0 Å². The summed E-state index contributed by atoms with van der Waals surface area (Å²) < 4.78 is 29.7. The lowest BCUT2D eigenvalue weighted by molar-refractivity contribution is 0.245. The minimum absolute atomic E-state index is 0.162. The minimum Gasteiger partial charge on any atom is -0.339 e. The van der Waals surface area contributed by atoms with E-state index in [0.29, 0.717) is 17.8 Å². The maximum Gasteiger partial charge on any atom is 0.210 e. The second-order valence-electron chi connectivity index (χ2n) is 6.40. The first-order valence-corrected chi connectivity index (χ1v) is 8.71. The molecule has 0 unspecified atom stereocenters. The Morgan fingerprint density at radius 1 is 0.846 bits per heavy atom. The zero-order valence-corrected chi connectivity index (χ0v) is 14.4. The SMILES string of the molecule is Fc1ccccc1CN1CCN(c2nccn2-c2ccccc2F)CC1. The van der Waals surface area contributed by atoms with E-state index < -0.39 is 0 Å². The van der Waals surface area contributed by atoms with Gasteiger partial charge in [-0.1, -0.05) is 30.3 Å². The molecule has 1 fully saturated rings. The molecule has 1 aliphatic heterocycles. The van der Waals surface area contributed by atoms with Crippen LogP contribution in [0.5, 0.6) is 0 Å². The number of benzene rings is 2. The van der Waals surface area contributed by atoms with E-state index in [1.807, 2.05) is 18.2 Å². The fraction of sp³-hybridized carbons (Fsp3) is 0.250. The van der Waals surface area contributed by atoms with Crippen LogP contribution in [0.15, 0.2) is 60.9 Å². The predicted molar refractivity (Wildman–Crippen MR) is 97.4 cm³/mol. The molecule has 0 spiro atoms. The summed E-state index contributed by atoms with van der Waals surface area (Å²) in [6.45, 7) is 3.74. The van der Waals surface area contributed by atoms with Crippen molar-refractivity contribution < 1.29 is 8.78 Å². The monoisotopic (exact) mass is 354 g/mol. The zero-order valence-electron chi connectivity index (χ0n) is 14.4. The number of anilines is 1. The second-order valence-corrected chi connectivity index (χ2v) is 6.40. The number of hydrogen-bond donors (Lipinski definition) is 0. The van der Waals surface area contributed by atoms with Crippen molar-refractivity contribution in [3.05, 3.63) is 78.1 Å². The Morgan fingerprint density at radius 3 is 2.27 bits per heavy atom. The van der Waals surface area contributed by atoms with Crippen LogP contribution in [0.2, 0.25) is 0 Å². The number of imidazole rings is 1. The largest absolute Gasteiger partial charge is 0.339 e. The van der Waals surface area contributed by atoms with E-state index in [1.165, 1.54) is 12.1 Å². The number of piperazine rings is 1. The van der Waals surface area contributed by atoms with Gasteiger partial charge in [0.1, 0.15) is 11.6 Å². The summed E-state index contributed by atoms with van der Waals surface area (Å²) in [5.41, 5.74) is 1.21. The number of aromatic nitrogens is 2. The van der Waals surface area contributed by atoms with Crippen molar-refractivity contribution in [2.75, 3.05) is 31.1 Å². The molecule has 4 rings (SSSR count). The molecule has 0 radical (unpaired) electrons. The van der Waals surface area contributed by atoms with Gasteiger partial charge in [0.15, 0.2) is 0 Å². The van der Waals surface area contributed by atoms with Gasteiger partial charge in [-0.05, 0) is 18.2 Å². The van der Waals surface area contributed by atoms with Gasteiger partial charge in [0.05, 0.1) is 5.69 Å². The number of para-hydroxylation sites is 1. The summed E-state index contributed by atoms with van der Waals surface area (Å²) in [6, 6.07) is 13.6. The van der Waals surface area contributed by atoms with Crippen LogP contribution >= 0.6 is 0 Å². The smallest absolute Gasteiger partial charge is 0.210 e. The van der Waals surface area contributed by atoms with Crippen LogP contribution in [-0.2, 0) is 6.54 Å². The van der Waals surface area contributed by atoms with Gasteiger partial charge in [-0.15, -0.1) is 0 Å². The maximum atomic E-state index is 14.1. The van der Waals surface area contributed by atoms with Crippen molar-refractivity contribution in [1.82, 2.24) is 14.5 Å². The summed E-state index contributed by atoms with van der Waals surface area (Å²) >= 11 is 0. The molecule has 26 heavy (non-hydrogen) atoms. The van der Waals surface area contributed by atoms with Crippen LogP contribution in [0, 0.1) is 11.6 Å². The molecular weight excluding hydrogens is 334 g/mol. The molecule has 1 aliphatic rings. The first-order chi connectivity index (χ1) is 12.7. The molecule has 0 atom stereocenters. The molecule has 1 saturated heterocycles. The molecule has 2 heterocycles. The van der Waals surface area contributed by atoms with Gasteiger partial charge < -0.3 is 4.90 Å². The van der Waals surface area contributed by atoms with Crippen LogP contribution in [0.1, 0.15) is 5.56 Å². The molecule has 0 aliphatic carbocycles. The lowest BCUT2D eigenvalue weighted by Crippen LogP contribution is -2.46. The first kappa shape index (κ1) is 16.7.